The van der Waals surface area contributed by atoms with Gasteiger partial charge in [-0.2, -0.15) is 0 Å². The molecule has 1 aliphatic rings. The average Bonchev–Trinajstić information content (AvgIpc) is 3.17. The van der Waals surface area contributed by atoms with Crippen LogP contribution in [0.2, 0.25) is 0 Å². The van der Waals surface area contributed by atoms with Crippen LogP contribution in [0.25, 0.3) is 0 Å². The van der Waals surface area contributed by atoms with E-state index in [2.05, 4.69) is 10.3 Å². The zero-order chi connectivity index (χ0) is 20.9. The van der Waals surface area contributed by atoms with Gasteiger partial charge in [-0.3, -0.25) is 14.6 Å². The number of nitrogens with one attached hydrogen (secondary N) is 1. The number of aromatic nitrogens is 1. The number of ether oxygens (including phenoxy) is 2. The molecule has 2 amide bonds. The molecule has 1 N–H and O–H groups in total. The Morgan fingerprint density at radius 3 is 2.47 bits per heavy atom. The summed E-state index contributed by atoms with van der Waals surface area (Å²) in [6, 6.07) is 17.9. The lowest BCUT2D eigenvalue weighted by molar-refractivity contribution is -0.122. The van der Waals surface area contributed by atoms with E-state index in [0.717, 1.165) is 0 Å². The van der Waals surface area contributed by atoms with Gasteiger partial charge in [0.15, 0.2) is 0 Å². The van der Waals surface area contributed by atoms with E-state index in [4.69, 9.17) is 9.47 Å². The van der Waals surface area contributed by atoms with E-state index < -0.39 is 5.92 Å². The number of hydrogen-bond donors (Lipinski definition) is 1. The number of carbonyl (C=O) groups excluding carboxylic acids is 2. The van der Waals surface area contributed by atoms with Crippen molar-refractivity contribution in [1.29, 1.82) is 0 Å². The molecule has 0 aliphatic carbocycles. The van der Waals surface area contributed by atoms with Crippen LogP contribution in [0.1, 0.15) is 6.42 Å². The molecule has 152 valence electrons. The van der Waals surface area contributed by atoms with Crippen LogP contribution < -0.4 is 19.7 Å². The number of para-hydroxylation sites is 2. The minimum atomic E-state index is -0.435. The Morgan fingerprint density at radius 2 is 1.73 bits per heavy atom. The summed E-state index contributed by atoms with van der Waals surface area (Å²) in [7, 11) is 1.56. The number of nitrogens with zero attached hydrogens (tertiary/aromatic N) is 2. The topological polar surface area (TPSA) is 80.8 Å². The zero-order valence-corrected chi connectivity index (χ0v) is 16.4. The third kappa shape index (κ3) is 4.25. The van der Waals surface area contributed by atoms with Gasteiger partial charge in [-0.05, 0) is 48.5 Å². The van der Waals surface area contributed by atoms with Crippen LogP contribution in [-0.2, 0) is 9.59 Å². The number of carbonyl (C=O) groups is 2. The highest BCUT2D eigenvalue weighted by Crippen LogP contribution is 2.33. The third-order valence-electron chi connectivity index (χ3n) is 4.88. The lowest BCUT2D eigenvalue weighted by Gasteiger charge is -2.19. The Balaban J connectivity index is 1.39. The minimum absolute atomic E-state index is 0.0965. The van der Waals surface area contributed by atoms with Gasteiger partial charge in [-0.1, -0.05) is 12.1 Å². The van der Waals surface area contributed by atoms with Crippen LogP contribution in [0.3, 0.4) is 0 Å². The molecule has 1 fully saturated rings. The lowest BCUT2D eigenvalue weighted by Crippen LogP contribution is -2.28. The maximum absolute atomic E-state index is 12.7. The molecule has 0 saturated carbocycles. The number of anilines is 2. The van der Waals surface area contributed by atoms with E-state index in [1.807, 2.05) is 18.2 Å². The molecule has 0 bridgehead atoms. The summed E-state index contributed by atoms with van der Waals surface area (Å²) >= 11 is 0. The molecular formula is C23H21N3O4. The van der Waals surface area contributed by atoms with Gasteiger partial charge in [-0.15, -0.1) is 0 Å². The van der Waals surface area contributed by atoms with Crippen molar-refractivity contribution < 1.29 is 19.1 Å². The number of pyridine rings is 1. The highest BCUT2D eigenvalue weighted by atomic mass is 16.5. The van der Waals surface area contributed by atoms with Gasteiger partial charge < -0.3 is 19.7 Å². The van der Waals surface area contributed by atoms with Crippen LogP contribution in [0.15, 0.2) is 73.1 Å². The number of benzene rings is 2. The van der Waals surface area contributed by atoms with E-state index in [1.54, 1.807) is 66.9 Å². The van der Waals surface area contributed by atoms with Crippen molar-refractivity contribution in [3.05, 3.63) is 73.1 Å². The second kappa shape index (κ2) is 8.65. The summed E-state index contributed by atoms with van der Waals surface area (Å²) < 4.78 is 11.1. The molecule has 2 heterocycles. The van der Waals surface area contributed by atoms with Gasteiger partial charge >= 0.3 is 0 Å². The predicted molar refractivity (Wildman–Crippen MR) is 113 cm³/mol. The van der Waals surface area contributed by atoms with E-state index in [-0.39, 0.29) is 18.2 Å². The standard InChI is InChI=1S/C23H21N3O4/c1-29-21-5-3-2-4-20(21)26-15-16(14-22(26)27)23(28)25-17-6-8-18(9-7-17)30-19-10-12-24-13-11-19/h2-13,16H,14-15H2,1H3,(H,25,28). The number of amides is 2. The summed E-state index contributed by atoms with van der Waals surface area (Å²) in [5.41, 5.74) is 1.32. The van der Waals surface area contributed by atoms with Crippen molar-refractivity contribution in [2.24, 2.45) is 5.92 Å². The Hall–Kier alpha value is -3.87. The summed E-state index contributed by atoms with van der Waals surface area (Å²) in [5.74, 6) is 1.22. The molecular weight excluding hydrogens is 382 g/mol. The lowest BCUT2D eigenvalue weighted by atomic mass is 10.1. The third-order valence-corrected chi connectivity index (χ3v) is 4.88. The van der Waals surface area contributed by atoms with Crippen LogP contribution in [0.4, 0.5) is 11.4 Å². The molecule has 7 heteroatoms. The highest BCUT2D eigenvalue weighted by Gasteiger charge is 2.36. The maximum atomic E-state index is 12.7. The fourth-order valence-corrected chi connectivity index (χ4v) is 3.36. The van der Waals surface area contributed by atoms with Crippen molar-refractivity contribution in [2.75, 3.05) is 23.9 Å². The van der Waals surface area contributed by atoms with E-state index >= 15 is 0 Å². The van der Waals surface area contributed by atoms with Crippen LogP contribution in [0, 0.1) is 5.92 Å². The fourth-order valence-electron chi connectivity index (χ4n) is 3.36. The number of methoxy groups -OCH3 is 1. The molecule has 0 radical (unpaired) electrons. The molecule has 2 aromatic carbocycles. The van der Waals surface area contributed by atoms with Gasteiger partial charge in [-0.25, -0.2) is 0 Å². The van der Waals surface area contributed by atoms with E-state index in [1.165, 1.54) is 0 Å². The summed E-state index contributed by atoms with van der Waals surface area (Å²) in [4.78, 5) is 30.8. The normalized spacial score (nSPS) is 15.7. The van der Waals surface area contributed by atoms with Gasteiger partial charge in [0.2, 0.25) is 11.8 Å². The second-order valence-electron chi connectivity index (χ2n) is 6.88. The van der Waals surface area contributed by atoms with Crippen molar-refractivity contribution in [1.82, 2.24) is 4.98 Å². The Bertz CT molecular complexity index is 1040. The molecule has 7 nitrogen and oxygen atoms in total. The van der Waals surface area contributed by atoms with Crippen LogP contribution >= 0.6 is 0 Å². The molecule has 1 saturated heterocycles. The molecule has 1 aromatic heterocycles. The largest absolute Gasteiger partial charge is 0.495 e. The first-order valence-corrected chi connectivity index (χ1v) is 9.56. The zero-order valence-electron chi connectivity index (χ0n) is 16.4. The molecule has 30 heavy (non-hydrogen) atoms. The molecule has 1 atom stereocenters. The predicted octanol–water partition coefficient (Wildman–Crippen LogP) is 3.87. The summed E-state index contributed by atoms with van der Waals surface area (Å²) in [6.07, 6.45) is 3.47. The molecule has 3 aromatic rings. The van der Waals surface area contributed by atoms with Crippen molar-refractivity contribution >= 4 is 23.2 Å². The smallest absolute Gasteiger partial charge is 0.229 e. The van der Waals surface area contributed by atoms with Gasteiger partial charge in [0, 0.05) is 31.0 Å². The van der Waals surface area contributed by atoms with Crippen LogP contribution in [0.5, 0.6) is 17.2 Å². The summed E-state index contributed by atoms with van der Waals surface area (Å²) in [6.45, 7) is 0.314. The quantitative estimate of drug-likeness (QED) is 0.676. The summed E-state index contributed by atoms with van der Waals surface area (Å²) in [5, 5.41) is 2.88. The first-order valence-electron chi connectivity index (χ1n) is 9.56. The Labute approximate surface area is 174 Å². The van der Waals surface area contributed by atoms with Crippen LogP contribution in [-0.4, -0.2) is 30.5 Å². The molecule has 4 rings (SSSR count). The van der Waals surface area contributed by atoms with Gasteiger partial charge in [0.1, 0.15) is 17.2 Å². The van der Waals surface area contributed by atoms with Crippen molar-refractivity contribution in [3.8, 4) is 17.2 Å². The maximum Gasteiger partial charge on any atom is 0.229 e. The molecule has 0 spiro atoms. The molecule has 1 unspecified atom stereocenters. The fraction of sp³-hybridized carbons (Fsp3) is 0.174. The average molecular weight is 403 g/mol. The highest BCUT2D eigenvalue weighted by molar-refractivity contribution is 6.04. The van der Waals surface area contributed by atoms with Gasteiger partial charge in [0.25, 0.3) is 0 Å². The van der Waals surface area contributed by atoms with Crippen molar-refractivity contribution in [3.63, 3.8) is 0 Å². The number of hydrogen-bond acceptors (Lipinski definition) is 5. The Kier molecular flexibility index (Phi) is 5.61. The first kappa shape index (κ1) is 19.4. The second-order valence-corrected chi connectivity index (χ2v) is 6.88. The van der Waals surface area contributed by atoms with E-state index in [0.29, 0.717) is 35.2 Å². The Morgan fingerprint density at radius 1 is 1.03 bits per heavy atom. The number of rotatable bonds is 6. The van der Waals surface area contributed by atoms with Gasteiger partial charge in [0.05, 0.1) is 18.7 Å². The minimum Gasteiger partial charge on any atom is -0.495 e. The SMILES string of the molecule is COc1ccccc1N1CC(C(=O)Nc2ccc(Oc3ccncc3)cc2)CC1=O. The van der Waals surface area contributed by atoms with E-state index in [9.17, 15) is 9.59 Å². The first-order chi connectivity index (χ1) is 14.6. The monoisotopic (exact) mass is 403 g/mol. The molecule has 1 aliphatic heterocycles. The van der Waals surface area contributed by atoms with Crippen molar-refractivity contribution in [2.45, 2.75) is 6.42 Å².